The molecule has 28 heavy (non-hydrogen) atoms. The number of carbonyl (C=O) groups excluding carboxylic acids is 1. The average molecular weight is 455 g/mol. The Morgan fingerprint density at radius 2 is 1.89 bits per heavy atom. The smallest absolute Gasteiger partial charge is 0.355 e. The van der Waals surface area contributed by atoms with Gasteiger partial charge in [-0.15, -0.1) is 0 Å². The van der Waals surface area contributed by atoms with Crippen LogP contribution in [0.15, 0.2) is 34.2 Å². The van der Waals surface area contributed by atoms with Gasteiger partial charge in [0.05, 0.1) is 33.9 Å². The first kappa shape index (κ1) is 21.9. The van der Waals surface area contributed by atoms with E-state index in [0.717, 1.165) is 24.2 Å². The summed E-state index contributed by atoms with van der Waals surface area (Å²) in [5, 5.41) is 6.44. The highest BCUT2D eigenvalue weighted by Crippen LogP contribution is 2.49. The maximum absolute atomic E-state index is 12.4. The Hall–Kier alpha value is -2.35. The molecule has 1 heterocycles. The zero-order valence-corrected chi connectivity index (χ0v) is 18.4. The van der Waals surface area contributed by atoms with Gasteiger partial charge in [0.1, 0.15) is 5.70 Å². The lowest BCUT2D eigenvalue weighted by molar-refractivity contribution is -0.138. The fraction of sp³-hybridized carbons (Fsp3) is 0.450. The van der Waals surface area contributed by atoms with Crippen LogP contribution in [-0.2, 0) is 9.53 Å². The fourth-order valence-electron chi connectivity index (χ4n) is 3.01. The van der Waals surface area contributed by atoms with E-state index in [4.69, 9.17) is 18.9 Å². The average Bonchev–Trinajstić information content (AvgIpc) is 3.03. The van der Waals surface area contributed by atoms with Crippen molar-refractivity contribution in [3.63, 3.8) is 0 Å². The summed E-state index contributed by atoms with van der Waals surface area (Å²) in [7, 11) is 4.71. The minimum absolute atomic E-state index is 0.293. The van der Waals surface area contributed by atoms with Crippen molar-refractivity contribution in [2.24, 2.45) is 0 Å². The molecular weight excluding hydrogens is 428 g/mol. The summed E-state index contributed by atoms with van der Waals surface area (Å²) < 4.78 is 22.4. The summed E-state index contributed by atoms with van der Waals surface area (Å²) in [6.45, 7) is 4.96. The molecular formula is C20H27BrN2O5. The van der Waals surface area contributed by atoms with Crippen molar-refractivity contribution < 1.29 is 23.7 Å². The van der Waals surface area contributed by atoms with Crippen LogP contribution >= 0.6 is 15.9 Å². The fourth-order valence-corrected chi connectivity index (χ4v) is 3.76. The highest BCUT2D eigenvalue weighted by atomic mass is 79.9. The summed E-state index contributed by atoms with van der Waals surface area (Å²) in [6, 6.07) is 3.71. The van der Waals surface area contributed by atoms with E-state index < -0.39 is 5.97 Å². The predicted molar refractivity (Wildman–Crippen MR) is 111 cm³/mol. The van der Waals surface area contributed by atoms with Crippen LogP contribution in [0.2, 0.25) is 0 Å². The molecule has 0 saturated carbocycles. The normalized spacial score (nSPS) is 17.4. The first-order valence-corrected chi connectivity index (χ1v) is 9.89. The van der Waals surface area contributed by atoms with E-state index in [9.17, 15) is 4.79 Å². The van der Waals surface area contributed by atoms with Gasteiger partial charge < -0.3 is 29.6 Å². The number of nitrogens with one attached hydrogen (secondary N) is 2. The second-order valence-corrected chi connectivity index (χ2v) is 6.83. The molecule has 0 aliphatic carbocycles. The highest BCUT2D eigenvalue weighted by Gasteiger charge is 2.36. The maximum Gasteiger partial charge on any atom is 0.355 e. The molecule has 0 spiro atoms. The van der Waals surface area contributed by atoms with Crippen molar-refractivity contribution in [3.8, 4) is 17.2 Å². The number of methoxy groups -OCH3 is 3. The van der Waals surface area contributed by atoms with Crippen LogP contribution in [0.25, 0.3) is 0 Å². The third-order valence-electron chi connectivity index (χ3n) is 4.25. The Labute approximate surface area is 174 Å². The zero-order chi connectivity index (χ0) is 20.7. The van der Waals surface area contributed by atoms with Gasteiger partial charge in [0.25, 0.3) is 0 Å². The molecule has 0 saturated heterocycles. The van der Waals surface area contributed by atoms with Crippen LogP contribution in [0.5, 0.6) is 17.2 Å². The molecule has 0 radical (unpaired) electrons. The molecule has 0 bridgehead atoms. The van der Waals surface area contributed by atoms with E-state index in [2.05, 4.69) is 33.5 Å². The minimum Gasteiger partial charge on any atom is -0.493 e. The van der Waals surface area contributed by atoms with Crippen LogP contribution in [0.3, 0.4) is 0 Å². The largest absolute Gasteiger partial charge is 0.493 e. The van der Waals surface area contributed by atoms with Gasteiger partial charge in [0, 0.05) is 28.5 Å². The molecule has 2 rings (SSSR count). The van der Waals surface area contributed by atoms with E-state index in [1.54, 1.807) is 28.3 Å². The van der Waals surface area contributed by atoms with Crippen molar-refractivity contribution in [1.82, 2.24) is 10.6 Å². The number of benzene rings is 1. The van der Waals surface area contributed by atoms with Crippen LogP contribution < -0.4 is 24.8 Å². The van der Waals surface area contributed by atoms with Crippen molar-refractivity contribution >= 4 is 21.9 Å². The summed E-state index contributed by atoms with van der Waals surface area (Å²) >= 11 is 3.59. The van der Waals surface area contributed by atoms with Gasteiger partial charge >= 0.3 is 5.97 Å². The molecule has 7 nitrogen and oxygen atoms in total. The van der Waals surface area contributed by atoms with Crippen LogP contribution in [0.4, 0.5) is 0 Å². The third kappa shape index (κ3) is 4.38. The molecule has 1 aliphatic rings. The third-order valence-corrected chi connectivity index (χ3v) is 5.10. The molecule has 8 heteroatoms. The standard InChI is InChI=1S/C20H27BrN2O5/c1-6-10-22-11-13-15(16(21)17(23-13)20(24)28-7-2)12-8-9-14(25-3)19(27-5)18(12)26-4/h8-9,11,15,22-23H,6-7,10H2,1-5H3. The molecule has 0 fully saturated rings. The van der Waals surface area contributed by atoms with Gasteiger partial charge in [-0.2, -0.15) is 0 Å². The Morgan fingerprint density at radius 1 is 1.18 bits per heavy atom. The van der Waals surface area contributed by atoms with Gasteiger partial charge in [0.15, 0.2) is 11.5 Å². The number of ether oxygens (including phenoxy) is 4. The van der Waals surface area contributed by atoms with E-state index in [0.29, 0.717) is 34.0 Å². The van der Waals surface area contributed by atoms with Crippen LogP contribution in [0, 0.1) is 0 Å². The molecule has 154 valence electrons. The molecule has 0 amide bonds. The molecule has 1 aromatic carbocycles. The van der Waals surface area contributed by atoms with Crippen LogP contribution in [0.1, 0.15) is 31.7 Å². The lowest BCUT2D eigenvalue weighted by Crippen LogP contribution is -2.20. The van der Waals surface area contributed by atoms with Gasteiger partial charge in [-0.25, -0.2) is 4.79 Å². The Morgan fingerprint density at radius 3 is 2.46 bits per heavy atom. The SMILES string of the molecule is CCCNC=C1NC(C(=O)OCC)=C(Br)C1c1ccc(OC)c(OC)c1OC. The minimum atomic E-state index is -0.419. The molecule has 2 N–H and O–H groups in total. The van der Waals surface area contributed by atoms with E-state index in [1.807, 2.05) is 18.3 Å². The topological polar surface area (TPSA) is 78.1 Å². The van der Waals surface area contributed by atoms with Crippen molar-refractivity contribution in [2.75, 3.05) is 34.5 Å². The monoisotopic (exact) mass is 454 g/mol. The Balaban J connectivity index is 2.59. The number of carbonyl (C=O) groups is 1. The number of allylic oxidation sites excluding steroid dienone is 1. The van der Waals surface area contributed by atoms with Gasteiger partial charge in [0.2, 0.25) is 5.75 Å². The molecule has 1 aromatic rings. The Kier molecular flexibility index (Phi) is 8.04. The van der Waals surface area contributed by atoms with Gasteiger partial charge in [-0.3, -0.25) is 0 Å². The van der Waals surface area contributed by atoms with E-state index in [-0.39, 0.29) is 5.92 Å². The summed E-state index contributed by atoms with van der Waals surface area (Å²) in [6.07, 6.45) is 2.85. The second-order valence-electron chi connectivity index (χ2n) is 5.98. The van der Waals surface area contributed by atoms with E-state index in [1.165, 1.54) is 0 Å². The zero-order valence-electron chi connectivity index (χ0n) is 16.8. The molecule has 1 atom stereocenters. The van der Waals surface area contributed by atoms with Crippen molar-refractivity contribution in [3.05, 3.63) is 39.8 Å². The second kappa shape index (κ2) is 10.3. The summed E-state index contributed by atoms with van der Waals surface area (Å²) in [5.74, 6) is 0.885. The Bertz CT molecular complexity index is 776. The number of hydrogen-bond acceptors (Lipinski definition) is 7. The van der Waals surface area contributed by atoms with Gasteiger partial charge in [-0.1, -0.05) is 28.9 Å². The first-order chi connectivity index (χ1) is 13.5. The first-order valence-electron chi connectivity index (χ1n) is 9.09. The lowest BCUT2D eigenvalue weighted by atomic mass is 9.95. The number of esters is 1. The molecule has 1 aliphatic heterocycles. The number of rotatable bonds is 9. The molecule has 0 aromatic heterocycles. The predicted octanol–water partition coefficient (Wildman–Crippen LogP) is 3.41. The summed E-state index contributed by atoms with van der Waals surface area (Å²) in [4.78, 5) is 12.4. The molecule has 1 unspecified atom stereocenters. The highest BCUT2D eigenvalue weighted by molar-refractivity contribution is 9.11. The van der Waals surface area contributed by atoms with E-state index >= 15 is 0 Å². The number of halogens is 1. The quantitative estimate of drug-likeness (QED) is 0.437. The lowest BCUT2D eigenvalue weighted by Gasteiger charge is -2.20. The maximum atomic E-state index is 12.4. The van der Waals surface area contributed by atoms with Crippen molar-refractivity contribution in [1.29, 1.82) is 0 Å². The van der Waals surface area contributed by atoms with Crippen molar-refractivity contribution in [2.45, 2.75) is 26.2 Å². The number of hydrogen-bond donors (Lipinski definition) is 2. The summed E-state index contributed by atoms with van der Waals surface area (Å²) in [5.41, 5.74) is 1.99. The van der Waals surface area contributed by atoms with Crippen LogP contribution in [-0.4, -0.2) is 40.5 Å². The van der Waals surface area contributed by atoms with Gasteiger partial charge in [-0.05, 0) is 19.4 Å².